The van der Waals surface area contributed by atoms with Gasteiger partial charge in [-0.2, -0.15) is 13.2 Å². The fourth-order valence-electron chi connectivity index (χ4n) is 1.40. The van der Waals surface area contributed by atoms with E-state index in [1.54, 1.807) is 0 Å². The van der Waals surface area contributed by atoms with E-state index in [4.69, 9.17) is 21.4 Å². The van der Waals surface area contributed by atoms with Crippen molar-refractivity contribution in [1.29, 1.82) is 0 Å². The Hall–Kier alpha value is -1.51. The zero-order valence-corrected chi connectivity index (χ0v) is 11.6. The number of hydrogen-bond donors (Lipinski definition) is 3. The van der Waals surface area contributed by atoms with Crippen LogP contribution in [0.5, 0.6) is 0 Å². The number of benzene rings is 1. The highest BCUT2D eigenvalue weighted by molar-refractivity contribution is 6.31. The summed E-state index contributed by atoms with van der Waals surface area (Å²) in [5.74, 6) is 0. The molecule has 21 heavy (non-hydrogen) atoms. The first-order chi connectivity index (χ1) is 9.84. The summed E-state index contributed by atoms with van der Waals surface area (Å²) in [6, 6.07) is 2.41. The number of halogens is 4. The summed E-state index contributed by atoms with van der Waals surface area (Å²) >= 11 is 5.46. The van der Waals surface area contributed by atoms with Gasteiger partial charge in [0.15, 0.2) is 0 Å². The standard InChI is InChI=1S/C12H14ClF3N2O3/c13-10-2-1-8(7-9(10)12(14,15)16)18-11(20)17-3-5-21-6-4-19/h1-2,7,19H,3-6H2,(H2,17,18,20). The number of aliphatic hydroxyl groups excluding tert-OH is 1. The van der Waals surface area contributed by atoms with Crippen LogP contribution in [-0.4, -0.2) is 37.5 Å². The smallest absolute Gasteiger partial charge is 0.394 e. The third kappa shape index (κ3) is 6.19. The zero-order chi connectivity index (χ0) is 15.9. The molecule has 0 unspecified atom stereocenters. The van der Waals surface area contributed by atoms with Gasteiger partial charge < -0.3 is 20.5 Å². The van der Waals surface area contributed by atoms with Gasteiger partial charge >= 0.3 is 12.2 Å². The van der Waals surface area contributed by atoms with Gasteiger partial charge in [-0.25, -0.2) is 4.79 Å². The van der Waals surface area contributed by atoms with Crippen molar-refractivity contribution in [3.8, 4) is 0 Å². The first kappa shape index (κ1) is 17.5. The Kier molecular flexibility index (Phi) is 6.73. The lowest BCUT2D eigenvalue weighted by Gasteiger charge is -2.12. The maximum Gasteiger partial charge on any atom is 0.417 e. The molecule has 0 saturated heterocycles. The SMILES string of the molecule is O=C(NCCOCCO)Nc1ccc(Cl)c(C(F)(F)F)c1. The molecule has 1 aromatic rings. The number of urea groups is 1. The molecule has 9 heteroatoms. The molecule has 0 aliphatic rings. The lowest BCUT2D eigenvalue weighted by atomic mass is 10.2. The van der Waals surface area contributed by atoms with E-state index >= 15 is 0 Å². The quantitative estimate of drug-likeness (QED) is 0.703. The molecule has 0 radical (unpaired) electrons. The lowest BCUT2D eigenvalue weighted by Crippen LogP contribution is -2.31. The van der Waals surface area contributed by atoms with Crippen LogP contribution in [0.2, 0.25) is 5.02 Å². The number of hydrogen-bond acceptors (Lipinski definition) is 3. The second-order valence-corrected chi connectivity index (χ2v) is 4.32. The van der Waals surface area contributed by atoms with Crippen LogP contribution >= 0.6 is 11.6 Å². The van der Waals surface area contributed by atoms with Gasteiger partial charge in [0, 0.05) is 12.2 Å². The van der Waals surface area contributed by atoms with E-state index in [0.29, 0.717) is 0 Å². The van der Waals surface area contributed by atoms with Gasteiger partial charge in [-0.3, -0.25) is 0 Å². The van der Waals surface area contributed by atoms with Gasteiger partial charge in [0.25, 0.3) is 0 Å². The predicted octanol–water partition coefficient (Wildman–Crippen LogP) is 2.49. The second kappa shape index (κ2) is 8.06. The summed E-state index contributed by atoms with van der Waals surface area (Å²) < 4.78 is 42.8. The minimum Gasteiger partial charge on any atom is -0.394 e. The number of aliphatic hydroxyl groups is 1. The molecule has 0 bridgehead atoms. The molecule has 5 nitrogen and oxygen atoms in total. The second-order valence-electron chi connectivity index (χ2n) is 3.91. The lowest BCUT2D eigenvalue weighted by molar-refractivity contribution is -0.137. The minimum absolute atomic E-state index is 0.0273. The van der Waals surface area contributed by atoms with Crippen molar-refractivity contribution < 1.29 is 27.8 Å². The summed E-state index contributed by atoms with van der Waals surface area (Å²) in [5.41, 5.74) is -1.05. The van der Waals surface area contributed by atoms with E-state index in [0.717, 1.165) is 12.1 Å². The molecule has 0 atom stereocenters. The van der Waals surface area contributed by atoms with Gasteiger partial charge in [0.05, 0.1) is 30.4 Å². The number of nitrogens with one attached hydrogen (secondary N) is 2. The van der Waals surface area contributed by atoms with Gasteiger partial charge in [-0.15, -0.1) is 0 Å². The fourth-order valence-corrected chi connectivity index (χ4v) is 1.62. The number of carbonyl (C=O) groups excluding carboxylic acids is 1. The van der Waals surface area contributed by atoms with Crippen molar-refractivity contribution in [3.63, 3.8) is 0 Å². The third-order valence-electron chi connectivity index (χ3n) is 2.30. The van der Waals surface area contributed by atoms with Crippen molar-refractivity contribution in [2.75, 3.05) is 31.7 Å². The van der Waals surface area contributed by atoms with Crippen LogP contribution in [0.15, 0.2) is 18.2 Å². The number of ether oxygens (including phenoxy) is 1. The van der Waals surface area contributed by atoms with E-state index in [9.17, 15) is 18.0 Å². The fraction of sp³-hybridized carbons (Fsp3) is 0.417. The first-order valence-electron chi connectivity index (χ1n) is 5.95. The van der Waals surface area contributed by atoms with Crippen molar-refractivity contribution in [3.05, 3.63) is 28.8 Å². The highest BCUT2D eigenvalue weighted by Gasteiger charge is 2.33. The molecular weight excluding hydrogens is 313 g/mol. The van der Waals surface area contributed by atoms with Crippen molar-refractivity contribution in [2.24, 2.45) is 0 Å². The molecule has 0 saturated carbocycles. The van der Waals surface area contributed by atoms with Gasteiger partial charge in [-0.1, -0.05) is 11.6 Å². The van der Waals surface area contributed by atoms with Gasteiger partial charge in [0.2, 0.25) is 0 Å². The molecule has 0 spiro atoms. The first-order valence-corrected chi connectivity index (χ1v) is 6.32. The molecule has 0 aromatic heterocycles. The van der Waals surface area contributed by atoms with Crippen LogP contribution in [0.4, 0.5) is 23.7 Å². The molecule has 118 valence electrons. The van der Waals surface area contributed by atoms with E-state index < -0.39 is 22.8 Å². The zero-order valence-electron chi connectivity index (χ0n) is 10.8. The van der Waals surface area contributed by atoms with E-state index in [-0.39, 0.29) is 32.1 Å². The Morgan fingerprint density at radius 3 is 2.67 bits per heavy atom. The average molecular weight is 327 g/mol. The monoisotopic (exact) mass is 326 g/mol. The molecule has 0 heterocycles. The van der Waals surface area contributed by atoms with Crippen molar-refractivity contribution in [2.45, 2.75) is 6.18 Å². The normalized spacial score (nSPS) is 11.3. The number of carbonyl (C=O) groups is 1. The number of amides is 2. The minimum atomic E-state index is -4.59. The van der Waals surface area contributed by atoms with Crippen molar-refractivity contribution >= 4 is 23.3 Å². The highest BCUT2D eigenvalue weighted by Crippen LogP contribution is 2.36. The van der Waals surface area contributed by atoms with Crippen LogP contribution in [0.3, 0.4) is 0 Å². The van der Waals surface area contributed by atoms with Crippen LogP contribution in [-0.2, 0) is 10.9 Å². The number of alkyl halides is 3. The van der Waals surface area contributed by atoms with Crippen LogP contribution < -0.4 is 10.6 Å². The Morgan fingerprint density at radius 2 is 2.05 bits per heavy atom. The van der Waals surface area contributed by atoms with Crippen molar-refractivity contribution in [1.82, 2.24) is 5.32 Å². The predicted molar refractivity (Wildman–Crippen MR) is 71.4 cm³/mol. The summed E-state index contributed by atoms with van der Waals surface area (Å²) in [6.07, 6.45) is -4.59. The Labute approximate surface area is 124 Å². The highest BCUT2D eigenvalue weighted by atomic mass is 35.5. The van der Waals surface area contributed by atoms with Crippen LogP contribution in [0.1, 0.15) is 5.56 Å². The number of anilines is 1. The molecule has 3 N–H and O–H groups in total. The summed E-state index contributed by atoms with van der Waals surface area (Å²) in [6.45, 7) is 0.362. The Bertz CT molecular complexity index is 483. The van der Waals surface area contributed by atoms with E-state index in [2.05, 4.69) is 10.6 Å². The van der Waals surface area contributed by atoms with Gasteiger partial charge in [0.1, 0.15) is 0 Å². The molecule has 0 aliphatic carbocycles. The van der Waals surface area contributed by atoms with Crippen LogP contribution in [0, 0.1) is 0 Å². The maximum atomic E-state index is 12.6. The Balaban J connectivity index is 2.53. The largest absolute Gasteiger partial charge is 0.417 e. The summed E-state index contributed by atoms with van der Waals surface area (Å²) in [4.78, 5) is 11.4. The van der Waals surface area contributed by atoms with E-state index in [1.165, 1.54) is 6.07 Å². The Morgan fingerprint density at radius 1 is 1.33 bits per heavy atom. The number of rotatable bonds is 6. The molecule has 1 rings (SSSR count). The molecule has 2 amide bonds. The molecule has 0 fully saturated rings. The van der Waals surface area contributed by atoms with Crippen LogP contribution in [0.25, 0.3) is 0 Å². The van der Waals surface area contributed by atoms with E-state index in [1.807, 2.05) is 0 Å². The summed E-state index contributed by atoms with van der Waals surface area (Å²) in [5, 5.41) is 12.7. The van der Waals surface area contributed by atoms with Gasteiger partial charge in [-0.05, 0) is 18.2 Å². The molecule has 1 aromatic carbocycles. The summed E-state index contributed by atoms with van der Waals surface area (Å²) in [7, 11) is 0. The maximum absolute atomic E-state index is 12.6. The molecule has 0 aliphatic heterocycles. The molecular formula is C12H14ClF3N2O3. The third-order valence-corrected chi connectivity index (χ3v) is 2.63. The topological polar surface area (TPSA) is 70.6 Å². The average Bonchev–Trinajstić information content (AvgIpc) is 2.39.